The fourth-order valence-electron chi connectivity index (χ4n) is 4.08. The quantitative estimate of drug-likeness (QED) is 0.817. The Balaban J connectivity index is 1.71. The van der Waals surface area contributed by atoms with Gasteiger partial charge in [-0.3, -0.25) is 0 Å². The number of nitrogens with one attached hydrogen (secondary N) is 1. The fourth-order valence-corrected chi connectivity index (χ4v) is 4.08. The summed E-state index contributed by atoms with van der Waals surface area (Å²) in [7, 11) is 0. The first kappa shape index (κ1) is 15.3. The van der Waals surface area contributed by atoms with Gasteiger partial charge in [0.1, 0.15) is 0 Å². The van der Waals surface area contributed by atoms with Crippen molar-refractivity contribution >= 4 is 0 Å². The summed E-state index contributed by atoms with van der Waals surface area (Å²) in [5.74, 6) is 0.900. The van der Waals surface area contributed by atoms with Gasteiger partial charge in [0.15, 0.2) is 0 Å². The molecule has 1 aliphatic heterocycles. The highest BCUT2D eigenvalue weighted by Gasteiger charge is 2.33. The maximum absolute atomic E-state index is 3.93. The molecule has 1 aliphatic carbocycles. The van der Waals surface area contributed by atoms with Crippen molar-refractivity contribution in [3.63, 3.8) is 0 Å². The average molecular weight is 266 g/mol. The molecule has 19 heavy (non-hydrogen) atoms. The molecule has 1 saturated carbocycles. The molecule has 0 radical (unpaired) electrons. The second-order valence-corrected chi connectivity index (χ2v) is 7.74. The predicted molar refractivity (Wildman–Crippen MR) is 83.5 cm³/mol. The highest BCUT2D eigenvalue weighted by Crippen LogP contribution is 2.37. The summed E-state index contributed by atoms with van der Waals surface area (Å²) in [6, 6.07) is 1.49. The van der Waals surface area contributed by atoms with Crippen molar-refractivity contribution in [3.05, 3.63) is 0 Å². The largest absolute Gasteiger partial charge is 0.311 e. The lowest BCUT2D eigenvalue weighted by Gasteiger charge is -2.36. The molecule has 1 heterocycles. The fraction of sp³-hybridized carbons (Fsp3) is 1.00. The van der Waals surface area contributed by atoms with Crippen LogP contribution in [-0.2, 0) is 0 Å². The Kier molecular flexibility index (Phi) is 5.30. The third-order valence-electron chi connectivity index (χ3n) is 5.35. The van der Waals surface area contributed by atoms with Gasteiger partial charge in [0.25, 0.3) is 0 Å². The van der Waals surface area contributed by atoms with Gasteiger partial charge in [-0.15, -0.1) is 0 Å². The topological polar surface area (TPSA) is 15.3 Å². The van der Waals surface area contributed by atoms with E-state index in [-0.39, 0.29) is 0 Å². The maximum atomic E-state index is 3.93. The molecule has 0 bridgehead atoms. The van der Waals surface area contributed by atoms with Crippen LogP contribution >= 0.6 is 0 Å². The van der Waals surface area contributed by atoms with Crippen LogP contribution in [0.2, 0.25) is 0 Å². The summed E-state index contributed by atoms with van der Waals surface area (Å²) in [5, 5.41) is 3.93. The van der Waals surface area contributed by atoms with Crippen molar-refractivity contribution in [1.29, 1.82) is 0 Å². The molecule has 0 aromatic rings. The smallest absolute Gasteiger partial charge is 0.00749 e. The van der Waals surface area contributed by atoms with Crippen LogP contribution in [-0.4, -0.2) is 36.6 Å². The zero-order chi connectivity index (χ0) is 13.9. The van der Waals surface area contributed by atoms with Gasteiger partial charge in [-0.05, 0) is 76.4 Å². The summed E-state index contributed by atoms with van der Waals surface area (Å²) >= 11 is 0. The van der Waals surface area contributed by atoms with Crippen molar-refractivity contribution in [2.75, 3.05) is 19.6 Å². The van der Waals surface area contributed by atoms with Gasteiger partial charge in [-0.2, -0.15) is 0 Å². The molecule has 1 saturated heterocycles. The molecule has 2 rings (SSSR count). The molecule has 1 N–H and O–H groups in total. The Hall–Kier alpha value is -0.0800. The van der Waals surface area contributed by atoms with Gasteiger partial charge in [0.2, 0.25) is 0 Å². The summed E-state index contributed by atoms with van der Waals surface area (Å²) in [6.07, 6.45) is 8.23. The first-order valence-corrected chi connectivity index (χ1v) is 8.48. The summed E-state index contributed by atoms with van der Waals surface area (Å²) in [5.41, 5.74) is 0.571. The lowest BCUT2D eigenvalue weighted by Crippen LogP contribution is -2.45. The zero-order valence-corrected chi connectivity index (χ0v) is 13.5. The van der Waals surface area contributed by atoms with Crippen LogP contribution in [0.1, 0.15) is 66.2 Å². The van der Waals surface area contributed by atoms with Gasteiger partial charge in [-0.1, -0.05) is 20.8 Å². The standard InChI is InChI=1S/C17H34N2/c1-5-10-19-11-7-15(8-12-19)14(2)18-16-6-9-17(3,4)13-16/h14-16,18H,5-13H2,1-4H3. The van der Waals surface area contributed by atoms with Crippen molar-refractivity contribution < 1.29 is 0 Å². The van der Waals surface area contributed by atoms with E-state index in [9.17, 15) is 0 Å². The van der Waals surface area contributed by atoms with Crippen molar-refractivity contribution in [2.45, 2.75) is 78.3 Å². The number of nitrogens with zero attached hydrogens (tertiary/aromatic N) is 1. The van der Waals surface area contributed by atoms with Gasteiger partial charge >= 0.3 is 0 Å². The maximum Gasteiger partial charge on any atom is 0.00749 e. The Labute approximate surface area is 120 Å². The lowest BCUT2D eigenvalue weighted by molar-refractivity contribution is 0.158. The minimum Gasteiger partial charge on any atom is -0.311 e. The van der Waals surface area contributed by atoms with Crippen molar-refractivity contribution in [3.8, 4) is 0 Å². The van der Waals surface area contributed by atoms with Crippen LogP contribution in [0.15, 0.2) is 0 Å². The molecule has 0 aromatic carbocycles. The molecule has 2 fully saturated rings. The van der Waals surface area contributed by atoms with Crippen LogP contribution in [0.25, 0.3) is 0 Å². The summed E-state index contributed by atoms with van der Waals surface area (Å²) < 4.78 is 0. The minimum atomic E-state index is 0.571. The molecule has 0 aromatic heterocycles. The summed E-state index contributed by atoms with van der Waals surface area (Å²) in [4.78, 5) is 2.64. The van der Waals surface area contributed by atoms with E-state index < -0.39 is 0 Å². The van der Waals surface area contributed by atoms with Gasteiger partial charge < -0.3 is 10.2 Å². The Morgan fingerprint density at radius 1 is 1.21 bits per heavy atom. The van der Waals surface area contributed by atoms with E-state index in [1.165, 1.54) is 58.2 Å². The zero-order valence-electron chi connectivity index (χ0n) is 13.5. The van der Waals surface area contributed by atoms with Crippen LogP contribution in [0, 0.1) is 11.3 Å². The first-order chi connectivity index (χ1) is 9.00. The molecule has 2 heteroatoms. The van der Waals surface area contributed by atoms with Crippen LogP contribution < -0.4 is 5.32 Å². The Bertz CT molecular complexity index is 266. The molecule has 0 spiro atoms. The van der Waals surface area contributed by atoms with E-state index in [0.29, 0.717) is 11.5 Å². The van der Waals surface area contributed by atoms with E-state index in [2.05, 4.69) is 37.9 Å². The monoisotopic (exact) mass is 266 g/mol. The second-order valence-electron chi connectivity index (χ2n) is 7.74. The first-order valence-electron chi connectivity index (χ1n) is 8.48. The number of likely N-dealkylation sites (tertiary alicyclic amines) is 1. The Morgan fingerprint density at radius 3 is 2.42 bits per heavy atom. The Morgan fingerprint density at radius 2 is 1.89 bits per heavy atom. The third kappa shape index (κ3) is 4.46. The number of piperidine rings is 1. The number of hydrogen-bond acceptors (Lipinski definition) is 2. The second kappa shape index (κ2) is 6.58. The van der Waals surface area contributed by atoms with E-state index in [4.69, 9.17) is 0 Å². The number of hydrogen-bond donors (Lipinski definition) is 1. The number of rotatable bonds is 5. The summed E-state index contributed by atoms with van der Waals surface area (Å²) in [6.45, 7) is 13.5. The van der Waals surface area contributed by atoms with Crippen LogP contribution in [0.4, 0.5) is 0 Å². The SMILES string of the molecule is CCCN1CCC(C(C)NC2CCC(C)(C)C2)CC1. The highest BCUT2D eigenvalue weighted by molar-refractivity contribution is 4.89. The highest BCUT2D eigenvalue weighted by atomic mass is 15.1. The molecule has 2 atom stereocenters. The lowest BCUT2D eigenvalue weighted by atomic mass is 9.89. The van der Waals surface area contributed by atoms with Crippen LogP contribution in [0.3, 0.4) is 0 Å². The molecule has 112 valence electrons. The molecule has 2 nitrogen and oxygen atoms in total. The minimum absolute atomic E-state index is 0.571. The van der Waals surface area contributed by atoms with Gasteiger partial charge in [-0.25, -0.2) is 0 Å². The van der Waals surface area contributed by atoms with Crippen molar-refractivity contribution in [2.24, 2.45) is 11.3 Å². The molecular weight excluding hydrogens is 232 g/mol. The molecular formula is C17H34N2. The van der Waals surface area contributed by atoms with E-state index in [1.54, 1.807) is 0 Å². The predicted octanol–water partition coefficient (Wildman–Crippen LogP) is 3.67. The van der Waals surface area contributed by atoms with Gasteiger partial charge in [0, 0.05) is 12.1 Å². The van der Waals surface area contributed by atoms with Gasteiger partial charge in [0.05, 0.1) is 0 Å². The van der Waals surface area contributed by atoms with Crippen LogP contribution in [0.5, 0.6) is 0 Å². The van der Waals surface area contributed by atoms with Crippen molar-refractivity contribution in [1.82, 2.24) is 10.2 Å². The molecule has 2 aliphatic rings. The average Bonchev–Trinajstić information content (AvgIpc) is 2.70. The normalized spacial score (nSPS) is 30.6. The molecule has 2 unspecified atom stereocenters. The van der Waals surface area contributed by atoms with E-state index in [0.717, 1.165) is 12.0 Å². The third-order valence-corrected chi connectivity index (χ3v) is 5.35. The van der Waals surface area contributed by atoms with E-state index >= 15 is 0 Å². The van der Waals surface area contributed by atoms with E-state index in [1.807, 2.05) is 0 Å². The molecule has 0 amide bonds.